The van der Waals surface area contributed by atoms with Crippen molar-refractivity contribution in [3.63, 3.8) is 0 Å². The molecule has 0 atom stereocenters. The first-order valence-corrected chi connectivity index (χ1v) is 2.52. The topological polar surface area (TPSA) is 84.5 Å². The molecule has 3 N–H and O–H groups in total. The summed E-state index contributed by atoms with van der Waals surface area (Å²) >= 11 is 0. The number of rotatable bonds is 0. The summed E-state index contributed by atoms with van der Waals surface area (Å²) in [5.74, 6) is 1.75. The number of hydrogen-bond acceptors (Lipinski definition) is 4. The van der Waals surface area contributed by atoms with Crippen LogP contribution in [-0.2, 0) is 0 Å². The first-order chi connectivity index (χ1) is 3.15. The average Bonchev–Trinajstić information content (AvgIpc) is 1.33. The van der Waals surface area contributed by atoms with E-state index in [0.717, 1.165) is 0 Å². The van der Waals surface area contributed by atoms with Crippen LogP contribution < -0.4 is 0 Å². The molecule has 0 aliphatic heterocycles. The zero-order valence-electron chi connectivity index (χ0n) is 3.74. The minimum atomic E-state index is -2.62. The zero-order valence-corrected chi connectivity index (χ0v) is 4.63. The van der Waals surface area contributed by atoms with Gasteiger partial charge in [0.1, 0.15) is 0 Å². The van der Waals surface area contributed by atoms with Crippen molar-refractivity contribution in [2.24, 2.45) is 0 Å². The molecule has 0 aromatic rings. The molecule has 0 fully saturated rings. The normalized spacial score (nSPS) is 6.14. The van der Waals surface area contributed by atoms with E-state index in [2.05, 4.69) is 0 Å². The van der Waals surface area contributed by atoms with E-state index < -0.39 is 8.60 Å². The predicted molar refractivity (Wildman–Crippen MR) is 27.7 cm³/mol. The maximum absolute atomic E-state index is 7.32. The van der Waals surface area contributed by atoms with Gasteiger partial charge in [0.25, 0.3) is 0 Å². The van der Waals surface area contributed by atoms with E-state index >= 15 is 0 Å². The molecule has 6 heteroatoms. The van der Waals surface area contributed by atoms with Gasteiger partial charge in [-0.1, -0.05) is 0 Å². The standard InChI is InChI=1S/CH2BN.H3O3P/c2-1-3;1-4(2)3/h2H2;1-3H. The van der Waals surface area contributed by atoms with Gasteiger partial charge in [-0.3, -0.25) is 0 Å². The molecule has 0 saturated heterocycles. The van der Waals surface area contributed by atoms with Crippen molar-refractivity contribution in [1.82, 2.24) is 0 Å². The van der Waals surface area contributed by atoms with Crippen molar-refractivity contribution in [3.8, 4) is 5.97 Å². The Kier molecular flexibility index (Phi) is 13.2. The number of nitrogens with zero attached hydrogens (tertiary/aromatic N) is 1. The Morgan fingerprint density at radius 3 is 1.43 bits per heavy atom. The SMILES string of the molecule is BC#N.OP(O)O. The van der Waals surface area contributed by atoms with Crippen LogP contribution >= 0.6 is 8.60 Å². The van der Waals surface area contributed by atoms with Gasteiger partial charge < -0.3 is 14.7 Å². The molecule has 0 heterocycles. The quantitative estimate of drug-likeness (QED) is 0.263. The lowest BCUT2D eigenvalue weighted by Crippen LogP contribution is -1.54. The number of hydrogen-bond donors (Lipinski definition) is 3. The first-order valence-electron chi connectivity index (χ1n) is 1.32. The van der Waals surface area contributed by atoms with E-state index in [1.807, 2.05) is 0 Å². The molecule has 0 aliphatic carbocycles. The minimum Gasteiger partial charge on any atom is -0.328 e. The highest BCUT2D eigenvalue weighted by molar-refractivity contribution is 7.38. The van der Waals surface area contributed by atoms with Crippen LogP contribution in [-0.4, -0.2) is 22.5 Å². The van der Waals surface area contributed by atoms with Crippen molar-refractivity contribution in [1.29, 1.82) is 5.26 Å². The molecular formula is CH5BNO3P. The zero-order chi connectivity index (χ0) is 6.28. The fraction of sp³-hybridized carbons (Fsp3) is 0. The van der Waals surface area contributed by atoms with Crippen LogP contribution in [0.3, 0.4) is 0 Å². The Hall–Kier alpha value is -0.135. The van der Waals surface area contributed by atoms with Gasteiger partial charge in [0.15, 0.2) is 0 Å². The molecule has 0 amide bonds. The van der Waals surface area contributed by atoms with Crippen molar-refractivity contribution >= 4 is 16.4 Å². The summed E-state index contributed by atoms with van der Waals surface area (Å²) < 4.78 is 0. The highest BCUT2D eigenvalue weighted by Gasteiger charge is 1.76. The van der Waals surface area contributed by atoms with E-state index in [9.17, 15) is 0 Å². The maximum atomic E-state index is 7.32. The molecular weight excluding hydrogens is 116 g/mol. The molecule has 40 valence electrons. The second-order valence-corrected chi connectivity index (χ2v) is 1.03. The molecule has 4 nitrogen and oxygen atoms in total. The average molecular weight is 121 g/mol. The van der Waals surface area contributed by atoms with Gasteiger partial charge in [0.2, 0.25) is 7.85 Å². The molecule has 0 saturated carbocycles. The monoisotopic (exact) mass is 121 g/mol. The summed E-state index contributed by atoms with van der Waals surface area (Å²) in [4.78, 5) is 21.7. The summed E-state index contributed by atoms with van der Waals surface area (Å²) in [6.45, 7) is 0. The molecule has 0 rings (SSSR count). The van der Waals surface area contributed by atoms with Crippen LogP contribution in [0.5, 0.6) is 0 Å². The Morgan fingerprint density at radius 2 is 1.43 bits per heavy atom. The fourth-order valence-corrected chi connectivity index (χ4v) is 0. The summed E-state index contributed by atoms with van der Waals surface area (Å²) in [5, 5.41) is 7.32. The van der Waals surface area contributed by atoms with Crippen LogP contribution in [0, 0.1) is 11.2 Å². The van der Waals surface area contributed by atoms with E-state index in [1.165, 1.54) is 7.85 Å². The first kappa shape index (κ1) is 9.98. The minimum absolute atomic E-state index is 1.43. The highest BCUT2D eigenvalue weighted by Crippen LogP contribution is 2.11. The summed E-state index contributed by atoms with van der Waals surface area (Å²) in [7, 11) is -1.19. The molecule has 0 aromatic carbocycles. The van der Waals surface area contributed by atoms with Crippen LogP contribution in [0.2, 0.25) is 0 Å². The van der Waals surface area contributed by atoms with Crippen LogP contribution in [0.1, 0.15) is 0 Å². The molecule has 0 radical (unpaired) electrons. The molecule has 0 bridgehead atoms. The maximum Gasteiger partial charge on any atom is 0.324 e. The number of nitriles is 1. The van der Waals surface area contributed by atoms with E-state index in [-0.39, 0.29) is 0 Å². The van der Waals surface area contributed by atoms with Gasteiger partial charge in [-0.2, -0.15) is 0 Å². The van der Waals surface area contributed by atoms with Crippen molar-refractivity contribution in [2.45, 2.75) is 0 Å². The van der Waals surface area contributed by atoms with Crippen molar-refractivity contribution in [2.75, 3.05) is 0 Å². The predicted octanol–water partition coefficient (Wildman–Crippen LogP) is -1.71. The largest absolute Gasteiger partial charge is 0.328 e. The van der Waals surface area contributed by atoms with E-state index in [0.29, 0.717) is 0 Å². The Balaban J connectivity index is 0. The second-order valence-electron chi connectivity index (χ2n) is 0.492. The van der Waals surface area contributed by atoms with Gasteiger partial charge in [-0.25, -0.2) is 5.26 Å². The Labute approximate surface area is 43.4 Å². The van der Waals surface area contributed by atoms with Gasteiger partial charge in [0, 0.05) is 0 Å². The Bertz CT molecular complexity index is 57.7. The second kappa shape index (κ2) is 9.29. The fourth-order valence-electron chi connectivity index (χ4n) is 0. The van der Waals surface area contributed by atoms with Crippen LogP contribution in [0.4, 0.5) is 0 Å². The molecule has 7 heavy (non-hydrogen) atoms. The molecule has 0 aromatic heterocycles. The van der Waals surface area contributed by atoms with Gasteiger partial charge >= 0.3 is 8.60 Å². The lowest BCUT2D eigenvalue weighted by molar-refractivity contribution is 0.368. The van der Waals surface area contributed by atoms with Crippen LogP contribution in [0.15, 0.2) is 0 Å². The third kappa shape index (κ3) is 4800. The smallest absolute Gasteiger partial charge is 0.324 e. The Morgan fingerprint density at radius 1 is 1.43 bits per heavy atom. The van der Waals surface area contributed by atoms with Gasteiger partial charge in [-0.15, -0.1) is 0 Å². The van der Waals surface area contributed by atoms with Crippen molar-refractivity contribution in [3.05, 3.63) is 0 Å². The lowest BCUT2D eigenvalue weighted by atomic mass is 10.2. The summed E-state index contributed by atoms with van der Waals surface area (Å²) in [5.41, 5.74) is 0. The van der Waals surface area contributed by atoms with Gasteiger partial charge in [0.05, 0.1) is 0 Å². The molecule has 0 spiro atoms. The highest BCUT2D eigenvalue weighted by atomic mass is 31.2. The summed E-state index contributed by atoms with van der Waals surface area (Å²) in [6, 6.07) is 0. The van der Waals surface area contributed by atoms with Crippen LogP contribution in [0.25, 0.3) is 0 Å². The third-order valence-electron chi connectivity index (χ3n) is 0. The van der Waals surface area contributed by atoms with Gasteiger partial charge in [-0.05, 0) is 5.97 Å². The van der Waals surface area contributed by atoms with E-state index in [4.69, 9.17) is 19.9 Å². The molecule has 0 aliphatic rings. The molecule has 0 unspecified atom stereocenters. The lowest BCUT2D eigenvalue weighted by Gasteiger charge is -1.76. The van der Waals surface area contributed by atoms with Crippen molar-refractivity contribution < 1.29 is 14.7 Å². The summed E-state index contributed by atoms with van der Waals surface area (Å²) in [6.07, 6.45) is 0. The van der Waals surface area contributed by atoms with E-state index in [1.54, 1.807) is 5.97 Å². The third-order valence-corrected chi connectivity index (χ3v) is 0.